The van der Waals surface area contributed by atoms with Gasteiger partial charge in [0.05, 0.1) is 7.11 Å². The Balaban J connectivity index is 1.72. The number of carbonyl (C=O) groups is 1. The van der Waals surface area contributed by atoms with Crippen molar-refractivity contribution in [2.24, 2.45) is 5.92 Å². The molecule has 1 aromatic rings. The summed E-state index contributed by atoms with van der Waals surface area (Å²) < 4.78 is 5.22. The lowest BCUT2D eigenvalue weighted by Gasteiger charge is -2.32. The molecule has 0 radical (unpaired) electrons. The van der Waals surface area contributed by atoms with Gasteiger partial charge in [-0.2, -0.15) is 0 Å². The van der Waals surface area contributed by atoms with E-state index >= 15 is 0 Å². The van der Waals surface area contributed by atoms with Gasteiger partial charge in [-0.1, -0.05) is 19.1 Å². The van der Waals surface area contributed by atoms with E-state index in [4.69, 9.17) is 4.74 Å². The summed E-state index contributed by atoms with van der Waals surface area (Å²) in [5.41, 5.74) is 1.31. The minimum atomic E-state index is 0.250. The highest BCUT2D eigenvalue weighted by Crippen LogP contribution is 2.18. The monoisotopic (exact) mass is 376 g/mol. The highest BCUT2D eigenvalue weighted by molar-refractivity contribution is 5.76. The van der Waals surface area contributed by atoms with Crippen LogP contribution in [0.25, 0.3) is 0 Å². The van der Waals surface area contributed by atoms with E-state index < -0.39 is 0 Å². The Bertz CT molecular complexity index is 553. The van der Waals surface area contributed by atoms with Gasteiger partial charge in [0.25, 0.3) is 0 Å². The Hall–Kier alpha value is -1.59. The zero-order chi connectivity index (χ0) is 19.6. The number of nitrogens with zero attached hydrogens (tertiary/aromatic N) is 2. The summed E-state index contributed by atoms with van der Waals surface area (Å²) in [7, 11) is 1.69. The summed E-state index contributed by atoms with van der Waals surface area (Å²) >= 11 is 0. The standard InChI is InChI=1S/C22H36N2O3/c1-4-23(18(2)16-19-7-9-21(27-3)10-8-19)13-5-6-22(26)24-14-11-20(17-25)12-15-24/h7-10,18,20,25H,4-6,11-17H2,1-3H3. The molecule has 27 heavy (non-hydrogen) atoms. The lowest BCUT2D eigenvalue weighted by molar-refractivity contribution is -0.133. The van der Waals surface area contributed by atoms with Gasteiger partial charge in [-0.3, -0.25) is 4.79 Å². The van der Waals surface area contributed by atoms with E-state index in [0.717, 1.165) is 57.6 Å². The van der Waals surface area contributed by atoms with Crippen LogP contribution in [0.4, 0.5) is 0 Å². The second-order valence-electron chi connectivity index (χ2n) is 7.64. The summed E-state index contributed by atoms with van der Waals surface area (Å²) in [5, 5.41) is 9.21. The van der Waals surface area contributed by atoms with Gasteiger partial charge in [-0.05, 0) is 69.3 Å². The molecule has 1 atom stereocenters. The molecule has 1 saturated heterocycles. The number of carbonyl (C=O) groups excluding carboxylic acids is 1. The van der Waals surface area contributed by atoms with Crippen LogP contribution in [0.3, 0.4) is 0 Å². The fraction of sp³-hybridized carbons (Fsp3) is 0.682. The van der Waals surface area contributed by atoms with Gasteiger partial charge in [-0.15, -0.1) is 0 Å². The number of benzene rings is 1. The van der Waals surface area contributed by atoms with Crippen molar-refractivity contribution < 1.29 is 14.6 Å². The maximum atomic E-state index is 12.4. The average Bonchev–Trinajstić information content (AvgIpc) is 2.71. The van der Waals surface area contributed by atoms with Crippen molar-refractivity contribution in [2.45, 2.75) is 52.0 Å². The van der Waals surface area contributed by atoms with Gasteiger partial charge in [0.15, 0.2) is 0 Å². The van der Waals surface area contributed by atoms with E-state index in [9.17, 15) is 9.90 Å². The highest BCUT2D eigenvalue weighted by Gasteiger charge is 2.22. The fourth-order valence-corrected chi connectivity index (χ4v) is 3.88. The maximum absolute atomic E-state index is 12.4. The fourth-order valence-electron chi connectivity index (χ4n) is 3.88. The van der Waals surface area contributed by atoms with Crippen LogP contribution in [0.1, 0.15) is 45.1 Å². The number of hydrogen-bond acceptors (Lipinski definition) is 4. The van der Waals surface area contributed by atoms with Crippen LogP contribution in [-0.2, 0) is 11.2 Å². The number of methoxy groups -OCH3 is 1. The van der Waals surface area contributed by atoms with E-state index in [2.05, 4.69) is 30.9 Å². The number of piperidine rings is 1. The van der Waals surface area contributed by atoms with Crippen LogP contribution in [0.5, 0.6) is 5.75 Å². The van der Waals surface area contributed by atoms with Crippen LogP contribution < -0.4 is 4.74 Å². The summed E-state index contributed by atoms with van der Waals surface area (Å²) in [6, 6.07) is 8.72. The zero-order valence-corrected chi connectivity index (χ0v) is 17.2. The first-order chi connectivity index (χ1) is 13.1. The first-order valence-electron chi connectivity index (χ1n) is 10.3. The van der Waals surface area contributed by atoms with Gasteiger partial charge >= 0.3 is 0 Å². The molecule has 5 nitrogen and oxygen atoms in total. The Labute approximate surface area is 164 Å². The molecule has 1 aliphatic rings. The Morgan fingerprint density at radius 1 is 1.30 bits per heavy atom. The van der Waals surface area contributed by atoms with Crippen molar-refractivity contribution in [1.29, 1.82) is 0 Å². The molecule has 0 aliphatic carbocycles. The van der Waals surface area contributed by atoms with Crippen LogP contribution in [0, 0.1) is 5.92 Å². The van der Waals surface area contributed by atoms with Crippen molar-refractivity contribution in [2.75, 3.05) is 39.9 Å². The Morgan fingerprint density at radius 3 is 2.52 bits per heavy atom. The number of aliphatic hydroxyl groups excluding tert-OH is 1. The van der Waals surface area contributed by atoms with Gasteiger partial charge in [0.1, 0.15) is 5.75 Å². The molecule has 1 amide bonds. The number of amides is 1. The summed E-state index contributed by atoms with van der Waals surface area (Å²) in [6.45, 7) is 8.24. The second-order valence-corrected chi connectivity index (χ2v) is 7.64. The molecule has 0 bridgehead atoms. The lowest BCUT2D eigenvalue weighted by Crippen LogP contribution is -2.40. The molecular formula is C22H36N2O3. The number of aliphatic hydroxyl groups is 1. The molecule has 1 aromatic carbocycles. The van der Waals surface area contributed by atoms with Crippen molar-refractivity contribution in [3.05, 3.63) is 29.8 Å². The van der Waals surface area contributed by atoms with Crippen molar-refractivity contribution in [3.8, 4) is 5.75 Å². The van der Waals surface area contributed by atoms with Gasteiger partial charge in [0.2, 0.25) is 5.91 Å². The van der Waals surface area contributed by atoms with Crippen LogP contribution in [0.15, 0.2) is 24.3 Å². The predicted molar refractivity (Wildman–Crippen MR) is 109 cm³/mol. The molecule has 1 fully saturated rings. The maximum Gasteiger partial charge on any atom is 0.222 e. The SMILES string of the molecule is CCN(CCCC(=O)N1CCC(CO)CC1)C(C)Cc1ccc(OC)cc1. The number of likely N-dealkylation sites (tertiary alicyclic amines) is 1. The molecule has 0 saturated carbocycles. The molecule has 5 heteroatoms. The van der Waals surface area contributed by atoms with E-state index in [1.165, 1.54) is 5.56 Å². The largest absolute Gasteiger partial charge is 0.497 e. The molecular weight excluding hydrogens is 340 g/mol. The predicted octanol–water partition coefficient (Wildman–Crippen LogP) is 2.96. The lowest BCUT2D eigenvalue weighted by atomic mass is 9.97. The van der Waals surface area contributed by atoms with E-state index in [-0.39, 0.29) is 12.5 Å². The van der Waals surface area contributed by atoms with E-state index in [1.54, 1.807) is 7.11 Å². The summed E-state index contributed by atoms with van der Waals surface area (Å²) in [6.07, 6.45) is 4.39. The smallest absolute Gasteiger partial charge is 0.222 e. The van der Waals surface area contributed by atoms with E-state index in [1.807, 2.05) is 17.0 Å². The van der Waals surface area contributed by atoms with Crippen molar-refractivity contribution in [3.63, 3.8) is 0 Å². The number of rotatable bonds is 10. The third-order valence-corrected chi connectivity index (χ3v) is 5.78. The number of ether oxygens (including phenoxy) is 1. The quantitative estimate of drug-likeness (QED) is 0.682. The first-order valence-corrected chi connectivity index (χ1v) is 10.3. The molecule has 1 heterocycles. The van der Waals surface area contributed by atoms with Gasteiger partial charge < -0.3 is 19.6 Å². The molecule has 0 aromatic heterocycles. The zero-order valence-electron chi connectivity index (χ0n) is 17.2. The van der Waals surface area contributed by atoms with Crippen molar-refractivity contribution in [1.82, 2.24) is 9.80 Å². The molecule has 2 rings (SSSR count). The first kappa shape index (κ1) is 21.7. The average molecular weight is 377 g/mol. The molecule has 152 valence electrons. The minimum Gasteiger partial charge on any atom is -0.497 e. The van der Waals surface area contributed by atoms with Gasteiger partial charge in [-0.25, -0.2) is 0 Å². The number of likely N-dealkylation sites (N-methyl/N-ethyl adjacent to an activating group) is 1. The van der Waals surface area contributed by atoms with Crippen LogP contribution >= 0.6 is 0 Å². The molecule has 0 spiro atoms. The molecule has 1 aliphatic heterocycles. The number of hydrogen-bond donors (Lipinski definition) is 1. The summed E-state index contributed by atoms with van der Waals surface area (Å²) in [4.78, 5) is 16.8. The Kier molecular flexibility index (Phi) is 9.08. The minimum absolute atomic E-state index is 0.250. The normalized spacial score (nSPS) is 16.6. The Morgan fingerprint density at radius 2 is 1.96 bits per heavy atom. The molecule has 1 unspecified atom stereocenters. The third-order valence-electron chi connectivity index (χ3n) is 5.78. The van der Waals surface area contributed by atoms with Gasteiger partial charge in [0, 0.05) is 32.2 Å². The van der Waals surface area contributed by atoms with Crippen LogP contribution in [-0.4, -0.2) is 66.8 Å². The summed E-state index contributed by atoms with van der Waals surface area (Å²) in [5.74, 6) is 1.54. The topological polar surface area (TPSA) is 53.0 Å². The van der Waals surface area contributed by atoms with Crippen LogP contribution in [0.2, 0.25) is 0 Å². The highest BCUT2D eigenvalue weighted by atomic mass is 16.5. The van der Waals surface area contributed by atoms with Crippen molar-refractivity contribution >= 4 is 5.91 Å². The molecule has 1 N–H and O–H groups in total. The third kappa shape index (κ3) is 6.82. The second kappa shape index (κ2) is 11.3. The van der Waals surface area contributed by atoms with E-state index in [0.29, 0.717) is 18.4 Å².